The average molecular weight is 242 g/mol. The molecular formula is C14H18N4. The molecule has 2 N–H and O–H groups in total. The van der Waals surface area contributed by atoms with Crippen LogP contribution in [-0.2, 0) is 6.54 Å². The number of rotatable bonds is 3. The zero-order valence-corrected chi connectivity index (χ0v) is 10.4. The summed E-state index contributed by atoms with van der Waals surface area (Å²) in [4.78, 5) is 0. The lowest BCUT2D eigenvalue weighted by Crippen LogP contribution is -2.11. The molecule has 1 aliphatic carbocycles. The first-order valence-corrected chi connectivity index (χ1v) is 6.60. The van der Waals surface area contributed by atoms with Crippen LogP contribution in [0.2, 0.25) is 0 Å². The predicted octanol–water partition coefficient (Wildman–Crippen LogP) is 2.38. The Hall–Kier alpha value is -1.68. The van der Waals surface area contributed by atoms with Gasteiger partial charge in [-0.1, -0.05) is 31.0 Å². The molecule has 1 aromatic carbocycles. The van der Waals surface area contributed by atoms with Gasteiger partial charge in [0.25, 0.3) is 0 Å². The summed E-state index contributed by atoms with van der Waals surface area (Å²) in [5.41, 5.74) is 6.89. The van der Waals surface area contributed by atoms with Gasteiger partial charge in [-0.15, -0.1) is 10.2 Å². The molecule has 0 atom stereocenters. The van der Waals surface area contributed by atoms with Gasteiger partial charge in [-0.3, -0.25) is 4.57 Å². The van der Waals surface area contributed by atoms with Crippen LogP contribution in [0.1, 0.15) is 43.3 Å². The topological polar surface area (TPSA) is 56.7 Å². The Morgan fingerprint density at radius 1 is 1.11 bits per heavy atom. The maximum absolute atomic E-state index is 5.78. The minimum absolute atomic E-state index is 0.425. The van der Waals surface area contributed by atoms with E-state index in [0.717, 1.165) is 17.3 Å². The Morgan fingerprint density at radius 3 is 2.50 bits per heavy atom. The van der Waals surface area contributed by atoms with Crippen LogP contribution in [0.15, 0.2) is 30.3 Å². The predicted molar refractivity (Wildman–Crippen MR) is 70.5 cm³/mol. The maximum atomic E-state index is 5.78. The Balaban J connectivity index is 2.07. The van der Waals surface area contributed by atoms with E-state index in [1.54, 1.807) is 0 Å². The molecule has 0 unspecified atom stereocenters. The molecule has 18 heavy (non-hydrogen) atoms. The van der Waals surface area contributed by atoms with Crippen LogP contribution in [-0.4, -0.2) is 14.8 Å². The largest absolute Gasteiger partial charge is 0.324 e. The van der Waals surface area contributed by atoms with Crippen molar-refractivity contribution in [2.75, 3.05) is 0 Å². The van der Waals surface area contributed by atoms with Gasteiger partial charge in [0.05, 0.1) is 6.54 Å². The van der Waals surface area contributed by atoms with Gasteiger partial charge >= 0.3 is 0 Å². The van der Waals surface area contributed by atoms with Crippen LogP contribution in [0.4, 0.5) is 0 Å². The summed E-state index contributed by atoms with van der Waals surface area (Å²) in [6.07, 6.45) is 5.03. The molecule has 1 fully saturated rings. The maximum Gasteiger partial charge on any atom is 0.151 e. The lowest BCUT2D eigenvalue weighted by Gasteiger charge is -2.13. The fourth-order valence-electron chi connectivity index (χ4n) is 2.77. The number of nitrogens with zero attached hydrogens (tertiary/aromatic N) is 3. The number of hydrogen-bond donors (Lipinski definition) is 1. The zero-order valence-electron chi connectivity index (χ0n) is 10.4. The van der Waals surface area contributed by atoms with Gasteiger partial charge in [-0.05, 0) is 25.0 Å². The lowest BCUT2D eigenvalue weighted by molar-refractivity contribution is 0.647. The van der Waals surface area contributed by atoms with Crippen LogP contribution in [0.25, 0.3) is 5.69 Å². The van der Waals surface area contributed by atoms with Gasteiger partial charge in [-0.25, -0.2) is 0 Å². The third-order valence-electron chi connectivity index (χ3n) is 3.67. The minimum Gasteiger partial charge on any atom is -0.324 e. The molecule has 1 aromatic heterocycles. The van der Waals surface area contributed by atoms with Gasteiger partial charge in [-0.2, -0.15) is 0 Å². The van der Waals surface area contributed by atoms with E-state index in [-0.39, 0.29) is 0 Å². The van der Waals surface area contributed by atoms with Crippen molar-refractivity contribution in [2.45, 2.75) is 38.1 Å². The average Bonchev–Trinajstić information content (AvgIpc) is 3.08. The second kappa shape index (κ2) is 4.90. The van der Waals surface area contributed by atoms with Crippen molar-refractivity contribution in [1.82, 2.24) is 14.8 Å². The standard InChI is InChI=1S/C14H18N4/c15-10-13-16-17-14(11-6-4-5-7-11)18(13)12-8-2-1-3-9-12/h1-3,8-9,11H,4-7,10,15H2. The molecule has 0 radical (unpaired) electrons. The number of nitrogens with two attached hydrogens (primary N) is 1. The highest BCUT2D eigenvalue weighted by Crippen LogP contribution is 2.34. The zero-order chi connectivity index (χ0) is 12.4. The Morgan fingerprint density at radius 2 is 1.83 bits per heavy atom. The van der Waals surface area contributed by atoms with E-state index >= 15 is 0 Å². The number of aromatic nitrogens is 3. The molecule has 4 nitrogen and oxygen atoms in total. The summed E-state index contributed by atoms with van der Waals surface area (Å²) < 4.78 is 2.13. The van der Waals surface area contributed by atoms with Gasteiger partial charge in [0, 0.05) is 11.6 Å². The van der Waals surface area contributed by atoms with E-state index in [2.05, 4.69) is 26.9 Å². The lowest BCUT2D eigenvalue weighted by atomic mass is 10.1. The van der Waals surface area contributed by atoms with E-state index < -0.39 is 0 Å². The molecule has 0 aliphatic heterocycles. The molecule has 2 aromatic rings. The van der Waals surface area contributed by atoms with Crippen LogP contribution in [0.3, 0.4) is 0 Å². The van der Waals surface area contributed by atoms with Crippen molar-refractivity contribution >= 4 is 0 Å². The molecule has 94 valence electrons. The van der Waals surface area contributed by atoms with E-state index in [1.165, 1.54) is 25.7 Å². The molecule has 1 aliphatic rings. The van der Waals surface area contributed by atoms with Crippen molar-refractivity contribution in [2.24, 2.45) is 5.73 Å². The SMILES string of the molecule is NCc1nnc(C2CCCC2)n1-c1ccccc1. The number of hydrogen-bond acceptors (Lipinski definition) is 3. The van der Waals surface area contributed by atoms with Crippen molar-refractivity contribution in [1.29, 1.82) is 0 Å². The molecule has 1 heterocycles. The molecule has 3 rings (SSSR count). The quantitative estimate of drug-likeness (QED) is 0.899. The summed E-state index contributed by atoms with van der Waals surface area (Å²) in [5.74, 6) is 2.47. The van der Waals surface area contributed by atoms with E-state index in [4.69, 9.17) is 5.73 Å². The second-order valence-electron chi connectivity index (χ2n) is 4.83. The van der Waals surface area contributed by atoms with Crippen molar-refractivity contribution in [3.8, 4) is 5.69 Å². The highest BCUT2D eigenvalue weighted by Gasteiger charge is 2.24. The molecule has 0 spiro atoms. The van der Waals surface area contributed by atoms with E-state index in [9.17, 15) is 0 Å². The highest BCUT2D eigenvalue weighted by atomic mass is 15.3. The third kappa shape index (κ3) is 1.93. The Bertz CT molecular complexity index is 512. The van der Waals surface area contributed by atoms with Crippen molar-refractivity contribution < 1.29 is 0 Å². The normalized spacial score (nSPS) is 16.3. The molecule has 0 amide bonds. The number of benzene rings is 1. The summed E-state index contributed by atoms with van der Waals surface area (Å²) in [5, 5.41) is 8.62. The third-order valence-corrected chi connectivity index (χ3v) is 3.67. The molecule has 0 saturated heterocycles. The summed E-state index contributed by atoms with van der Waals surface area (Å²) in [6.45, 7) is 0.425. The van der Waals surface area contributed by atoms with Gasteiger partial charge in [0.15, 0.2) is 5.82 Å². The Labute approximate surface area is 107 Å². The number of para-hydroxylation sites is 1. The van der Waals surface area contributed by atoms with Gasteiger partial charge in [0.2, 0.25) is 0 Å². The van der Waals surface area contributed by atoms with Crippen molar-refractivity contribution in [3.63, 3.8) is 0 Å². The van der Waals surface area contributed by atoms with Gasteiger partial charge < -0.3 is 5.73 Å². The van der Waals surface area contributed by atoms with Gasteiger partial charge in [0.1, 0.15) is 5.82 Å². The van der Waals surface area contributed by atoms with Crippen molar-refractivity contribution in [3.05, 3.63) is 42.0 Å². The monoisotopic (exact) mass is 242 g/mol. The molecular weight excluding hydrogens is 224 g/mol. The van der Waals surface area contributed by atoms with Crippen LogP contribution < -0.4 is 5.73 Å². The first kappa shape index (κ1) is 11.4. The van der Waals surface area contributed by atoms with Crippen LogP contribution in [0.5, 0.6) is 0 Å². The van der Waals surface area contributed by atoms with Crippen LogP contribution in [0, 0.1) is 0 Å². The highest BCUT2D eigenvalue weighted by molar-refractivity contribution is 5.34. The first-order chi connectivity index (χ1) is 8.90. The molecule has 4 heteroatoms. The second-order valence-corrected chi connectivity index (χ2v) is 4.83. The van der Waals surface area contributed by atoms with E-state index in [1.807, 2.05) is 18.2 Å². The van der Waals surface area contributed by atoms with E-state index in [0.29, 0.717) is 12.5 Å². The molecule has 1 saturated carbocycles. The summed E-state index contributed by atoms with van der Waals surface area (Å²) in [7, 11) is 0. The smallest absolute Gasteiger partial charge is 0.151 e. The fourth-order valence-corrected chi connectivity index (χ4v) is 2.77. The first-order valence-electron chi connectivity index (χ1n) is 6.60. The summed E-state index contributed by atoms with van der Waals surface area (Å²) >= 11 is 0. The Kier molecular flexibility index (Phi) is 3.11. The molecule has 0 bridgehead atoms. The minimum atomic E-state index is 0.425. The summed E-state index contributed by atoms with van der Waals surface area (Å²) in [6, 6.07) is 10.3. The van der Waals surface area contributed by atoms with Crippen LogP contribution >= 0.6 is 0 Å². The fraction of sp³-hybridized carbons (Fsp3) is 0.429.